The van der Waals surface area contributed by atoms with Crippen LogP contribution in [0.25, 0.3) is 0 Å². The zero-order valence-corrected chi connectivity index (χ0v) is 25.0. The van der Waals surface area contributed by atoms with Crippen molar-refractivity contribution in [2.45, 2.75) is 70.6 Å². The van der Waals surface area contributed by atoms with Gasteiger partial charge in [-0.3, -0.25) is 23.7 Å². The van der Waals surface area contributed by atoms with Crippen molar-refractivity contribution < 1.29 is 32.6 Å². The molecule has 3 heterocycles. The molecule has 0 amide bonds. The molecule has 0 bridgehead atoms. The molecule has 2 aromatic carbocycles. The molecular weight excluding hydrogens is 577 g/mol. The summed E-state index contributed by atoms with van der Waals surface area (Å²) in [5, 5.41) is 2.72. The molecule has 2 aliphatic heterocycles. The normalized spacial score (nSPS) is 26.2. The zero-order chi connectivity index (χ0) is 30.4. The maximum atomic E-state index is 14.2. The summed E-state index contributed by atoms with van der Waals surface area (Å²) >= 11 is 0. The van der Waals surface area contributed by atoms with Crippen LogP contribution in [0.5, 0.6) is 11.5 Å². The van der Waals surface area contributed by atoms with Crippen LogP contribution in [0.3, 0.4) is 0 Å². The van der Waals surface area contributed by atoms with Crippen molar-refractivity contribution in [3.05, 3.63) is 92.8 Å². The topological polar surface area (TPSA) is 147 Å². The number of ether oxygens (including phenoxy) is 3. The van der Waals surface area contributed by atoms with Gasteiger partial charge in [-0.1, -0.05) is 50.2 Å². The Morgan fingerprint density at radius 2 is 1.88 bits per heavy atom. The molecule has 1 unspecified atom stereocenters. The average molecular weight is 612 g/mol. The number of aromatic nitrogens is 2. The third-order valence-corrected chi connectivity index (χ3v) is 9.71. The summed E-state index contributed by atoms with van der Waals surface area (Å²) in [7, 11) is -4.21. The average Bonchev–Trinajstić information content (AvgIpc) is 3.71. The van der Waals surface area contributed by atoms with E-state index in [4.69, 9.17) is 23.3 Å². The molecule has 1 saturated carbocycles. The second-order valence-corrected chi connectivity index (χ2v) is 13.2. The Balaban J connectivity index is 1.29. The smallest absolute Gasteiger partial charge is 0.459 e. The summed E-state index contributed by atoms with van der Waals surface area (Å²) in [6.07, 6.45) is 0.729. The largest absolute Gasteiger partial charge is 0.483 e. The van der Waals surface area contributed by atoms with Gasteiger partial charge >= 0.3 is 19.4 Å². The van der Waals surface area contributed by atoms with Gasteiger partial charge < -0.3 is 18.7 Å². The lowest BCUT2D eigenvalue weighted by molar-refractivity contribution is -0.146. The van der Waals surface area contributed by atoms with Crippen molar-refractivity contribution in [2.75, 3.05) is 6.61 Å². The number of fused-ring (bicyclic) bond motifs is 3. The number of hydrogen-bond acceptors (Lipinski definition) is 9. The van der Waals surface area contributed by atoms with E-state index in [1.54, 1.807) is 12.1 Å². The lowest BCUT2D eigenvalue weighted by atomic mass is 9.96. The molecule has 6 rings (SSSR count). The number of H-pyrrole nitrogens is 1. The van der Waals surface area contributed by atoms with E-state index >= 15 is 0 Å². The molecule has 5 atom stereocenters. The van der Waals surface area contributed by atoms with E-state index in [-0.39, 0.29) is 24.9 Å². The van der Waals surface area contributed by atoms with Crippen molar-refractivity contribution in [3.63, 3.8) is 0 Å². The number of carbonyl (C=O) groups is 1. The van der Waals surface area contributed by atoms with Crippen LogP contribution in [0.1, 0.15) is 56.9 Å². The molecule has 12 nitrogen and oxygen atoms in total. The molecular formula is C30H34N3O9P. The first-order valence-electron chi connectivity index (χ1n) is 14.3. The highest BCUT2D eigenvalue weighted by Gasteiger charge is 2.66. The highest BCUT2D eigenvalue weighted by Crippen LogP contribution is 2.64. The fourth-order valence-electron chi connectivity index (χ4n) is 5.56. The number of nitrogens with zero attached hydrogens (tertiary/aromatic N) is 1. The van der Waals surface area contributed by atoms with Crippen molar-refractivity contribution in [2.24, 2.45) is 5.41 Å². The summed E-state index contributed by atoms with van der Waals surface area (Å²) in [6, 6.07) is 14.8. The fourth-order valence-corrected chi connectivity index (χ4v) is 7.06. The van der Waals surface area contributed by atoms with Crippen LogP contribution in [0.4, 0.5) is 0 Å². The number of esters is 1. The zero-order valence-electron chi connectivity index (χ0n) is 24.1. The lowest BCUT2D eigenvalue weighted by Crippen LogP contribution is -2.39. The molecule has 3 aliphatic rings. The first kappa shape index (κ1) is 29.4. The van der Waals surface area contributed by atoms with Gasteiger partial charge in [-0.2, -0.15) is 5.09 Å². The molecule has 3 aromatic rings. The van der Waals surface area contributed by atoms with Gasteiger partial charge in [0.2, 0.25) is 0 Å². The summed E-state index contributed by atoms with van der Waals surface area (Å²) in [5.41, 5.74) is 0.0340. The lowest BCUT2D eigenvalue weighted by Gasteiger charge is -2.25. The van der Waals surface area contributed by atoms with Crippen molar-refractivity contribution in [1.82, 2.24) is 14.6 Å². The fraction of sp³-hybridized carbons (Fsp3) is 0.433. The van der Waals surface area contributed by atoms with Crippen LogP contribution in [0.2, 0.25) is 0 Å². The predicted octanol–water partition coefficient (Wildman–Crippen LogP) is 4.02. The van der Waals surface area contributed by atoms with Gasteiger partial charge in [0.05, 0.1) is 12.0 Å². The van der Waals surface area contributed by atoms with E-state index in [0.29, 0.717) is 18.6 Å². The van der Waals surface area contributed by atoms with Gasteiger partial charge in [0.25, 0.3) is 5.56 Å². The molecule has 0 radical (unpaired) electrons. The maximum Gasteiger partial charge on any atom is 0.459 e. The Morgan fingerprint density at radius 1 is 1.12 bits per heavy atom. The number of nitrogens with one attached hydrogen (secondary N) is 2. The molecule has 228 valence electrons. The minimum atomic E-state index is -4.21. The second-order valence-electron chi connectivity index (χ2n) is 11.5. The number of aromatic amines is 1. The van der Waals surface area contributed by atoms with Crippen LogP contribution in [0.15, 0.2) is 70.4 Å². The highest BCUT2D eigenvalue weighted by molar-refractivity contribution is 7.52. The van der Waals surface area contributed by atoms with Crippen LogP contribution in [-0.4, -0.2) is 40.4 Å². The van der Waals surface area contributed by atoms with E-state index in [0.717, 1.165) is 11.1 Å². The van der Waals surface area contributed by atoms with Gasteiger partial charge in [0, 0.05) is 12.3 Å². The van der Waals surface area contributed by atoms with E-state index < -0.39 is 54.9 Å². The third-order valence-electron chi connectivity index (χ3n) is 8.08. The van der Waals surface area contributed by atoms with Crippen LogP contribution < -0.4 is 25.6 Å². The molecule has 1 aliphatic carbocycles. The van der Waals surface area contributed by atoms with Crippen LogP contribution in [-0.2, 0) is 30.0 Å². The second kappa shape index (κ2) is 11.4. The van der Waals surface area contributed by atoms with E-state index in [9.17, 15) is 18.9 Å². The first-order valence-corrected chi connectivity index (χ1v) is 15.8. The highest BCUT2D eigenvalue weighted by atomic mass is 31.2. The Labute approximate surface area is 247 Å². The Kier molecular flexibility index (Phi) is 7.80. The summed E-state index contributed by atoms with van der Waals surface area (Å²) in [4.78, 5) is 39.5. The molecule has 13 heteroatoms. The molecule has 2 N–H and O–H groups in total. The van der Waals surface area contributed by atoms with Crippen molar-refractivity contribution >= 4 is 13.7 Å². The Morgan fingerprint density at radius 3 is 2.58 bits per heavy atom. The summed E-state index contributed by atoms with van der Waals surface area (Å²) in [5.74, 6) is 0.0158. The Bertz CT molecular complexity index is 1670. The number of rotatable bonds is 7. The maximum absolute atomic E-state index is 14.2. The molecule has 1 aromatic heterocycles. The van der Waals surface area contributed by atoms with Gasteiger partial charge in [-0.05, 0) is 48.9 Å². The number of carbonyl (C=O) groups excluding carboxylic acids is 1. The Hall–Kier alpha value is -3.70. The first-order chi connectivity index (χ1) is 20.6. The van der Waals surface area contributed by atoms with Gasteiger partial charge in [0.15, 0.2) is 11.5 Å². The van der Waals surface area contributed by atoms with E-state index in [1.807, 2.05) is 50.2 Å². The third kappa shape index (κ3) is 5.92. The standard InChI is InChI=1S/C30H34N3O9P/c1-18(2)21-9-10-22-23(15-21)42-43(37,32-19(3)27(35)38-16-20-7-5-4-6-8-20)39-17-24-26(40-22)30(12-13-30)28(41-24)33-14-11-25(34)31-29(33)36/h4-11,14-15,18-19,24,26,28H,12-13,16-17H2,1-3H3,(H,32,37)(H,31,34,36)/t19-,24+,26+,28+,43?/m0/s1. The summed E-state index contributed by atoms with van der Waals surface area (Å²) < 4.78 is 45.8. The minimum Gasteiger partial charge on any atom is -0.483 e. The van der Waals surface area contributed by atoms with E-state index in [1.165, 1.54) is 23.8 Å². The molecule has 43 heavy (non-hydrogen) atoms. The molecule has 1 spiro atoms. The van der Waals surface area contributed by atoms with Gasteiger partial charge in [0.1, 0.15) is 31.1 Å². The quantitative estimate of drug-likeness (QED) is 0.297. The monoisotopic (exact) mass is 611 g/mol. The summed E-state index contributed by atoms with van der Waals surface area (Å²) in [6.45, 7) is 5.38. The van der Waals surface area contributed by atoms with Crippen molar-refractivity contribution in [3.8, 4) is 11.5 Å². The number of benzene rings is 2. The SMILES string of the molecule is CC(C)c1ccc2c(c1)OP(=O)(N[C@@H](C)C(=O)OCc1ccccc1)OC[C@H]1O[C@@H](n3ccc(=O)[nH]c3=O)C3(CC3)[C@@H]1O2. The van der Waals surface area contributed by atoms with Crippen LogP contribution in [0, 0.1) is 5.41 Å². The van der Waals surface area contributed by atoms with Crippen LogP contribution >= 0.6 is 7.75 Å². The predicted molar refractivity (Wildman–Crippen MR) is 155 cm³/mol. The molecule has 2 fully saturated rings. The van der Waals surface area contributed by atoms with Gasteiger partial charge in [-0.15, -0.1) is 0 Å². The van der Waals surface area contributed by atoms with Crippen molar-refractivity contribution in [1.29, 1.82) is 0 Å². The minimum absolute atomic E-state index is 0.0529. The van der Waals surface area contributed by atoms with Gasteiger partial charge in [-0.25, -0.2) is 9.36 Å². The number of hydrogen-bond donors (Lipinski definition) is 2. The molecule has 1 saturated heterocycles. The van der Waals surface area contributed by atoms with E-state index in [2.05, 4.69) is 10.1 Å².